The SMILES string of the molecule is COC(=O)Cc1cccc(NC(=O)NCC(=O)N(CCC(C)C)c2ccccc2OCC(=O)N(C)c2cccc(OC)c2)c1. The molecule has 44 heavy (non-hydrogen) atoms. The molecule has 234 valence electrons. The molecule has 0 aliphatic carbocycles. The summed E-state index contributed by atoms with van der Waals surface area (Å²) in [5.74, 6) is 0.269. The van der Waals surface area contributed by atoms with E-state index in [9.17, 15) is 19.2 Å². The molecular weight excluding hydrogens is 564 g/mol. The molecule has 0 saturated heterocycles. The molecule has 0 unspecified atom stereocenters. The first-order valence-electron chi connectivity index (χ1n) is 14.2. The first-order chi connectivity index (χ1) is 21.1. The Labute approximate surface area is 258 Å². The molecule has 0 saturated carbocycles. The van der Waals surface area contributed by atoms with E-state index in [2.05, 4.69) is 24.5 Å². The molecule has 11 heteroatoms. The van der Waals surface area contributed by atoms with Crippen molar-refractivity contribution in [3.8, 4) is 11.5 Å². The molecule has 0 radical (unpaired) electrons. The smallest absolute Gasteiger partial charge is 0.319 e. The maximum Gasteiger partial charge on any atom is 0.319 e. The van der Waals surface area contributed by atoms with E-state index in [1.807, 2.05) is 0 Å². The standard InChI is InChI=1S/C33H40N4O7/c1-23(2)16-17-37(30(38)21-34-33(41)35-25-11-8-10-24(18-25)19-32(40)43-5)28-14-6-7-15-29(28)44-22-31(39)36(3)26-12-9-13-27(20-26)42-4/h6-15,18,20,23H,16-17,19,21-22H2,1-5H3,(H2,34,35,41). The van der Waals surface area contributed by atoms with E-state index in [1.165, 1.54) is 12.0 Å². The zero-order chi connectivity index (χ0) is 32.1. The minimum absolute atomic E-state index is 0.0707. The number of carbonyl (C=O) groups excluding carboxylic acids is 4. The highest BCUT2D eigenvalue weighted by atomic mass is 16.5. The van der Waals surface area contributed by atoms with Gasteiger partial charge >= 0.3 is 12.0 Å². The van der Waals surface area contributed by atoms with Crippen LogP contribution in [0.4, 0.5) is 21.9 Å². The molecule has 0 bridgehead atoms. The average Bonchev–Trinajstić information content (AvgIpc) is 3.02. The van der Waals surface area contributed by atoms with E-state index in [0.717, 1.165) is 0 Å². The van der Waals surface area contributed by atoms with Gasteiger partial charge in [-0.2, -0.15) is 0 Å². The van der Waals surface area contributed by atoms with Gasteiger partial charge in [0.15, 0.2) is 6.61 Å². The lowest BCUT2D eigenvalue weighted by molar-refractivity contribution is -0.139. The number of urea groups is 1. The second-order valence-corrected chi connectivity index (χ2v) is 10.4. The Balaban J connectivity index is 1.68. The molecule has 0 fully saturated rings. The van der Waals surface area contributed by atoms with Crippen molar-refractivity contribution in [2.45, 2.75) is 26.7 Å². The highest BCUT2D eigenvalue weighted by Gasteiger charge is 2.22. The molecule has 0 aliphatic heterocycles. The van der Waals surface area contributed by atoms with Crippen molar-refractivity contribution in [1.82, 2.24) is 5.32 Å². The number of amides is 4. The predicted molar refractivity (Wildman–Crippen MR) is 169 cm³/mol. The normalized spacial score (nSPS) is 10.5. The third-order valence-corrected chi connectivity index (χ3v) is 6.71. The van der Waals surface area contributed by atoms with Gasteiger partial charge in [-0.15, -0.1) is 0 Å². The largest absolute Gasteiger partial charge is 0.497 e. The third-order valence-electron chi connectivity index (χ3n) is 6.71. The van der Waals surface area contributed by atoms with E-state index >= 15 is 0 Å². The number of nitrogens with one attached hydrogen (secondary N) is 2. The number of esters is 1. The van der Waals surface area contributed by atoms with Gasteiger partial charge in [0.2, 0.25) is 5.91 Å². The van der Waals surface area contributed by atoms with Crippen molar-refractivity contribution in [1.29, 1.82) is 0 Å². The highest BCUT2D eigenvalue weighted by molar-refractivity contribution is 5.99. The summed E-state index contributed by atoms with van der Waals surface area (Å²) < 4.78 is 15.9. The van der Waals surface area contributed by atoms with Crippen LogP contribution in [0.15, 0.2) is 72.8 Å². The number of para-hydroxylation sites is 2. The number of hydrogen-bond donors (Lipinski definition) is 2. The van der Waals surface area contributed by atoms with Gasteiger partial charge in [0, 0.05) is 31.0 Å². The summed E-state index contributed by atoms with van der Waals surface area (Å²) in [5, 5.41) is 5.29. The maximum absolute atomic E-state index is 13.5. The molecule has 0 aromatic heterocycles. The van der Waals surface area contributed by atoms with E-state index in [4.69, 9.17) is 14.2 Å². The second kappa shape index (κ2) is 16.5. The Morgan fingerprint density at radius 2 is 1.64 bits per heavy atom. The maximum atomic E-state index is 13.5. The molecule has 3 aromatic rings. The van der Waals surface area contributed by atoms with E-state index in [1.54, 1.807) is 91.9 Å². The average molecular weight is 605 g/mol. The van der Waals surface area contributed by atoms with Gasteiger partial charge in [0.1, 0.15) is 11.5 Å². The van der Waals surface area contributed by atoms with Crippen molar-refractivity contribution in [3.05, 3.63) is 78.4 Å². The predicted octanol–water partition coefficient (Wildman–Crippen LogP) is 4.65. The lowest BCUT2D eigenvalue weighted by atomic mass is 10.1. The van der Waals surface area contributed by atoms with Crippen LogP contribution in [0.3, 0.4) is 0 Å². The zero-order valence-electron chi connectivity index (χ0n) is 25.8. The lowest BCUT2D eigenvalue weighted by Crippen LogP contribution is -2.42. The number of anilines is 3. The molecule has 0 spiro atoms. The van der Waals surface area contributed by atoms with Gasteiger partial charge in [0.25, 0.3) is 5.91 Å². The summed E-state index contributed by atoms with van der Waals surface area (Å²) in [6.07, 6.45) is 0.776. The molecule has 0 heterocycles. The van der Waals surface area contributed by atoms with Gasteiger partial charge in [-0.3, -0.25) is 14.4 Å². The third kappa shape index (κ3) is 10.0. The molecule has 3 aromatic carbocycles. The fourth-order valence-electron chi connectivity index (χ4n) is 4.19. The van der Waals surface area contributed by atoms with Crippen LogP contribution in [0.2, 0.25) is 0 Å². The quantitative estimate of drug-likeness (QED) is 0.257. The van der Waals surface area contributed by atoms with Gasteiger partial charge in [-0.05, 0) is 54.3 Å². The number of benzene rings is 3. The number of hydrogen-bond acceptors (Lipinski definition) is 7. The van der Waals surface area contributed by atoms with Crippen LogP contribution in [0, 0.1) is 5.92 Å². The first-order valence-corrected chi connectivity index (χ1v) is 14.2. The zero-order valence-corrected chi connectivity index (χ0v) is 25.8. The Kier molecular flexibility index (Phi) is 12.6. The second-order valence-electron chi connectivity index (χ2n) is 10.4. The summed E-state index contributed by atoms with van der Waals surface area (Å²) in [6.45, 7) is 3.95. The van der Waals surface area contributed by atoms with Crippen LogP contribution in [0.1, 0.15) is 25.8 Å². The molecule has 0 aliphatic rings. The Morgan fingerprint density at radius 1 is 0.886 bits per heavy atom. The van der Waals surface area contributed by atoms with Crippen molar-refractivity contribution < 1.29 is 33.4 Å². The first kappa shape index (κ1) is 33.4. The Bertz CT molecular complexity index is 1440. The fraction of sp³-hybridized carbons (Fsp3) is 0.333. The number of rotatable bonds is 14. The number of ether oxygens (including phenoxy) is 3. The molecule has 3 rings (SSSR count). The summed E-state index contributed by atoms with van der Waals surface area (Å²) in [6, 6.07) is 20.3. The minimum atomic E-state index is -0.576. The van der Waals surface area contributed by atoms with Crippen LogP contribution in [-0.2, 0) is 25.5 Å². The van der Waals surface area contributed by atoms with Crippen LogP contribution in [0.5, 0.6) is 11.5 Å². The highest BCUT2D eigenvalue weighted by Crippen LogP contribution is 2.29. The number of methoxy groups -OCH3 is 2. The van der Waals surface area contributed by atoms with Crippen LogP contribution < -0.4 is 29.9 Å². The van der Waals surface area contributed by atoms with Gasteiger partial charge in [-0.1, -0.05) is 44.2 Å². The van der Waals surface area contributed by atoms with Crippen molar-refractivity contribution in [2.75, 3.05) is 56.1 Å². The van der Waals surface area contributed by atoms with Crippen molar-refractivity contribution in [3.63, 3.8) is 0 Å². The fourth-order valence-corrected chi connectivity index (χ4v) is 4.19. The molecule has 11 nitrogen and oxygen atoms in total. The number of carbonyl (C=O) groups is 4. The van der Waals surface area contributed by atoms with Crippen LogP contribution in [-0.4, -0.2) is 64.8 Å². The van der Waals surface area contributed by atoms with Crippen LogP contribution in [0.25, 0.3) is 0 Å². The Morgan fingerprint density at radius 3 is 2.36 bits per heavy atom. The topological polar surface area (TPSA) is 127 Å². The number of likely N-dealkylation sites (N-methyl/N-ethyl adjacent to an activating group) is 1. The monoisotopic (exact) mass is 604 g/mol. The molecule has 4 amide bonds. The lowest BCUT2D eigenvalue weighted by Gasteiger charge is -2.26. The van der Waals surface area contributed by atoms with Crippen molar-refractivity contribution in [2.24, 2.45) is 5.92 Å². The minimum Gasteiger partial charge on any atom is -0.497 e. The summed E-state index contributed by atoms with van der Waals surface area (Å²) in [5.41, 5.74) is 2.29. The van der Waals surface area contributed by atoms with Crippen LogP contribution >= 0.6 is 0 Å². The number of nitrogens with zero attached hydrogens (tertiary/aromatic N) is 2. The van der Waals surface area contributed by atoms with Gasteiger partial charge in [0.05, 0.1) is 32.9 Å². The summed E-state index contributed by atoms with van der Waals surface area (Å²) >= 11 is 0. The van der Waals surface area contributed by atoms with Crippen molar-refractivity contribution >= 4 is 40.9 Å². The Hall–Kier alpha value is -5.06. The molecule has 0 atom stereocenters. The molecular formula is C33H40N4O7. The van der Waals surface area contributed by atoms with E-state index < -0.39 is 12.0 Å². The van der Waals surface area contributed by atoms with Gasteiger partial charge in [-0.25, -0.2) is 4.79 Å². The van der Waals surface area contributed by atoms with Gasteiger partial charge < -0.3 is 34.6 Å². The summed E-state index contributed by atoms with van der Waals surface area (Å²) in [4.78, 5) is 53.7. The molecule has 2 N–H and O–H groups in total. The summed E-state index contributed by atoms with van der Waals surface area (Å²) in [7, 11) is 4.52. The van der Waals surface area contributed by atoms with E-state index in [-0.39, 0.29) is 31.4 Å². The van der Waals surface area contributed by atoms with E-state index in [0.29, 0.717) is 53.0 Å².